The Bertz CT molecular complexity index is 1600. The summed E-state index contributed by atoms with van der Waals surface area (Å²) in [4.78, 5) is 41.3. The number of fused-ring (bicyclic) bond motifs is 1. The second-order valence-electron chi connectivity index (χ2n) is 11.6. The molecule has 4 rings (SSSR count). The number of nitrogens with one attached hydrogen (secondary N) is 1. The normalized spacial score (nSPS) is 11.2. The topological polar surface area (TPSA) is 109 Å². The summed E-state index contributed by atoms with van der Waals surface area (Å²) in [6.07, 6.45) is 8.12. The van der Waals surface area contributed by atoms with Crippen molar-refractivity contribution in [2.24, 2.45) is 0 Å². The van der Waals surface area contributed by atoms with Gasteiger partial charge in [0.25, 0.3) is 5.91 Å². The molecule has 1 heterocycles. The third-order valence-corrected chi connectivity index (χ3v) is 8.07. The number of aromatic carboxylic acids is 1. The quantitative estimate of drug-likeness (QED) is 0.0792. The second kappa shape index (κ2) is 17.3. The number of carboxylic acids is 1. The van der Waals surface area contributed by atoms with Gasteiger partial charge >= 0.3 is 5.97 Å². The highest BCUT2D eigenvalue weighted by Crippen LogP contribution is 2.31. The molecule has 0 aliphatic heterocycles. The summed E-state index contributed by atoms with van der Waals surface area (Å²) in [6, 6.07) is 18.4. The number of carboxylic acid groups (broad SMARTS) is 1. The number of carbonyl (C=O) groups excluding carboxylic acids is 2. The highest BCUT2D eigenvalue weighted by Gasteiger charge is 2.23. The van der Waals surface area contributed by atoms with Crippen molar-refractivity contribution in [1.29, 1.82) is 0 Å². The molecule has 8 nitrogen and oxygen atoms in total. The number of ketones is 1. The maximum atomic E-state index is 13.9. The molecule has 0 spiro atoms. The van der Waals surface area contributed by atoms with E-state index in [0.717, 1.165) is 38.9 Å². The number of hydrogen-bond donors (Lipinski definition) is 2. The number of nitrogens with zero attached hydrogens (tertiary/aromatic N) is 1. The standard InChI is InChI=1S/C38H46N2O6/c1-4-7-15-34-35(31-26-28(18-21-33(31)46-34)37(42)39-32-14-11-10-13-30(32)38(43)44)36(41)27-16-19-29(20-17-27)45-25-12-24-40(22-8-5-2)23-9-6-3/h10-11,13-14,16-21,26H,4-9,12,15,22-25H2,1-3H3,(H,39,42)(H,43,44). The fraction of sp³-hybridized carbons (Fsp3) is 0.395. The highest BCUT2D eigenvalue weighted by atomic mass is 16.5. The molecule has 0 atom stereocenters. The number of benzene rings is 3. The predicted molar refractivity (Wildman–Crippen MR) is 182 cm³/mol. The number of hydrogen-bond acceptors (Lipinski definition) is 6. The molecule has 1 aromatic heterocycles. The first-order valence-corrected chi connectivity index (χ1v) is 16.5. The molecule has 8 heteroatoms. The fourth-order valence-corrected chi connectivity index (χ4v) is 5.45. The Morgan fingerprint density at radius 2 is 1.46 bits per heavy atom. The first kappa shape index (κ1) is 34.4. The number of amides is 1. The van der Waals surface area contributed by atoms with E-state index in [1.54, 1.807) is 48.5 Å². The van der Waals surface area contributed by atoms with E-state index in [-0.39, 0.29) is 22.6 Å². The summed E-state index contributed by atoms with van der Waals surface area (Å²) < 4.78 is 12.2. The van der Waals surface area contributed by atoms with Crippen LogP contribution in [0.5, 0.6) is 5.75 Å². The van der Waals surface area contributed by atoms with Crippen molar-refractivity contribution in [3.63, 3.8) is 0 Å². The van der Waals surface area contributed by atoms with Gasteiger partial charge in [-0.25, -0.2) is 4.79 Å². The lowest BCUT2D eigenvalue weighted by molar-refractivity contribution is 0.0697. The van der Waals surface area contributed by atoms with Crippen LogP contribution in [0.3, 0.4) is 0 Å². The third-order valence-electron chi connectivity index (χ3n) is 8.07. The number of rotatable bonds is 19. The van der Waals surface area contributed by atoms with Crippen molar-refractivity contribution < 1.29 is 28.6 Å². The molecule has 0 fully saturated rings. The predicted octanol–water partition coefficient (Wildman–Crippen LogP) is 8.63. The van der Waals surface area contributed by atoms with Gasteiger partial charge in [-0.15, -0.1) is 0 Å². The fourth-order valence-electron chi connectivity index (χ4n) is 5.45. The Kier molecular flexibility index (Phi) is 13.0. The maximum Gasteiger partial charge on any atom is 0.337 e. The van der Waals surface area contributed by atoms with Crippen LogP contribution in [0.1, 0.15) is 108 Å². The molecule has 0 saturated carbocycles. The van der Waals surface area contributed by atoms with Crippen LogP contribution in [0.15, 0.2) is 71.1 Å². The van der Waals surface area contributed by atoms with Crippen LogP contribution in [-0.4, -0.2) is 53.9 Å². The van der Waals surface area contributed by atoms with Crippen LogP contribution < -0.4 is 10.1 Å². The molecule has 4 aromatic rings. The summed E-state index contributed by atoms with van der Waals surface area (Å²) in [5.41, 5.74) is 1.94. The summed E-state index contributed by atoms with van der Waals surface area (Å²) in [5, 5.41) is 12.7. The molecular formula is C38H46N2O6. The number of ether oxygens (including phenoxy) is 1. The Morgan fingerprint density at radius 3 is 2.13 bits per heavy atom. The van der Waals surface area contributed by atoms with Crippen LogP contribution in [0.4, 0.5) is 5.69 Å². The third kappa shape index (κ3) is 9.07. The average molecular weight is 627 g/mol. The van der Waals surface area contributed by atoms with E-state index in [2.05, 4.69) is 31.0 Å². The van der Waals surface area contributed by atoms with Crippen molar-refractivity contribution in [1.82, 2.24) is 4.90 Å². The minimum atomic E-state index is -1.14. The van der Waals surface area contributed by atoms with Crippen LogP contribution in [0, 0.1) is 0 Å². The minimum Gasteiger partial charge on any atom is -0.494 e. The van der Waals surface area contributed by atoms with E-state index in [0.29, 0.717) is 46.6 Å². The van der Waals surface area contributed by atoms with E-state index >= 15 is 0 Å². The van der Waals surface area contributed by atoms with Gasteiger partial charge in [-0.2, -0.15) is 0 Å². The van der Waals surface area contributed by atoms with Gasteiger partial charge in [0.05, 0.1) is 23.4 Å². The number of carbonyl (C=O) groups is 3. The van der Waals surface area contributed by atoms with E-state index in [9.17, 15) is 19.5 Å². The maximum absolute atomic E-state index is 13.9. The van der Waals surface area contributed by atoms with Crippen LogP contribution in [-0.2, 0) is 6.42 Å². The van der Waals surface area contributed by atoms with Gasteiger partial charge in [0.1, 0.15) is 17.1 Å². The molecule has 2 N–H and O–H groups in total. The summed E-state index contributed by atoms with van der Waals surface area (Å²) >= 11 is 0. The van der Waals surface area contributed by atoms with Crippen molar-refractivity contribution in [2.45, 2.75) is 72.1 Å². The van der Waals surface area contributed by atoms with E-state index < -0.39 is 11.9 Å². The molecule has 0 unspecified atom stereocenters. The number of anilines is 1. The molecule has 0 aliphatic rings. The zero-order chi connectivity index (χ0) is 32.9. The number of para-hydroxylation sites is 1. The van der Waals surface area contributed by atoms with Gasteiger partial charge in [0, 0.05) is 29.5 Å². The molecule has 0 saturated heterocycles. The van der Waals surface area contributed by atoms with Crippen molar-refractivity contribution >= 4 is 34.3 Å². The Labute approximate surface area is 271 Å². The van der Waals surface area contributed by atoms with Crippen molar-refractivity contribution in [3.05, 3.63) is 94.7 Å². The van der Waals surface area contributed by atoms with Crippen LogP contribution in [0.2, 0.25) is 0 Å². The Hall–Kier alpha value is -4.43. The molecule has 46 heavy (non-hydrogen) atoms. The molecule has 1 amide bonds. The lowest BCUT2D eigenvalue weighted by Crippen LogP contribution is -2.28. The summed E-state index contributed by atoms with van der Waals surface area (Å²) in [5.74, 6) is -0.499. The largest absolute Gasteiger partial charge is 0.494 e. The van der Waals surface area contributed by atoms with E-state index in [1.165, 1.54) is 31.7 Å². The first-order valence-electron chi connectivity index (χ1n) is 16.5. The molecular weight excluding hydrogens is 580 g/mol. The lowest BCUT2D eigenvalue weighted by atomic mass is 9.97. The van der Waals surface area contributed by atoms with Gasteiger partial charge in [0.15, 0.2) is 5.78 Å². The molecule has 3 aromatic carbocycles. The highest BCUT2D eigenvalue weighted by molar-refractivity contribution is 6.18. The van der Waals surface area contributed by atoms with Gasteiger partial charge in [-0.3, -0.25) is 9.59 Å². The molecule has 0 bridgehead atoms. The SMILES string of the molecule is CCCCc1oc2ccc(C(=O)Nc3ccccc3C(=O)O)cc2c1C(=O)c1ccc(OCCCN(CCCC)CCCC)cc1. The average Bonchev–Trinajstić information content (AvgIpc) is 3.44. The Balaban J connectivity index is 1.50. The zero-order valence-corrected chi connectivity index (χ0v) is 27.3. The minimum absolute atomic E-state index is 0.00805. The van der Waals surface area contributed by atoms with Gasteiger partial charge in [0.2, 0.25) is 0 Å². The van der Waals surface area contributed by atoms with E-state index in [4.69, 9.17) is 9.15 Å². The monoisotopic (exact) mass is 626 g/mol. The van der Waals surface area contributed by atoms with Crippen LogP contribution >= 0.6 is 0 Å². The number of aryl methyl sites for hydroxylation is 1. The van der Waals surface area contributed by atoms with Crippen LogP contribution in [0.25, 0.3) is 11.0 Å². The van der Waals surface area contributed by atoms with Gasteiger partial charge in [-0.05, 0) is 93.4 Å². The van der Waals surface area contributed by atoms with Crippen molar-refractivity contribution in [3.8, 4) is 5.75 Å². The Morgan fingerprint density at radius 1 is 0.804 bits per heavy atom. The summed E-state index contributed by atoms with van der Waals surface area (Å²) in [7, 11) is 0. The molecule has 244 valence electrons. The first-order chi connectivity index (χ1) is 22.4. The smallest absolute Gasteiger partial charge is 0.337 e. The van der Waals surface area contributed by atoms with Gasteiger partial charge < -0.3 is 24.5 Å². The van der Waals surface area contributed by atoms with Gasteiger partial charge in [-0.1, -0.05) is 52.2 Å². The summed E-state index contributed by atoms with van der Waals surface area (Å²) in [6.45, 7) is 10.4. The second-order valence-corrected chi connectivity index (χ2v) is 11.6. The van der Waals surface area contributed by atoms with E-state index in [1.807, 2.05) is 12.1 Å². The zero-order valence-electron chi connectivity index (χ0n) is 27.3. The van der Waals surface area contributed by atoms with Crippen molar-refractivity contribution in [2.75, 3.05) is 31.6 Å². The number of furan rings is 1. The number of unbranched alkanes of at least 4 members (excludes halogenated alkanes) is 3. The molecule has 0 radical (unpaired) electrons. The lowest BCUT2D eigenvalue weighted by Gasteiger charge is -2.21. The molecule has 0 aliphatic carbocycles.